The summed E-state index contributed by atoms with van der Waals surface area (Å²) >= 11 is 1.51. The highest BCUT2D eigenvalue weighted by Gasteiger charge is 2.27. The van der Waals surface area contributed by atoms with Crippen LogP contribution >= 0.6 is 11.8 Å². The first-order valence-electron chi connectivity index (χ1n) is 11.6. The highest BCUT2D eigenvalue weighted by Crippen LogP contribution is 2.37. The largest absolute Gasteiger partial charge is 0.497 e. The Morgan fingerprint density at radius 1 is 1.09 bits per heavy atom. The van der Waals surface area contributed by atoms with E-state index in [1.54, 1.807) is 12.0 Å². The third kappa shape index (κ3) is 5.58. The molecule has 7 heteroatoms. The lowest BCUT2D eigenvalue weighted by molar-refractivity contribution is -0.129. The molecule has 0 N–H and O–H groups in total. The second-order valence-electron chi connectivity index (χ2n) is 8.64. The maximum atomic E-state index is 13.1. The Morgan fingerprint density at radius 2 is 1.79 bits per heavy atom. The van der Waals surface area contributed by atoms with E-state index in [0.29, 0.717) is 12.6 Å². The van der Waals surface area contributed by atoms with E-state index in [-0.39, 0.29) is 11.2 Å². The number of rotatable bonds is 8. The van der Waals surface area contributed by atoms with Gasteiger partial charge in [0.25, 0.3) is 0 Å². The number of nitrogens with zero attached hydrogens (tertiary/aromatic N) is 4. The van der Waals surface area contributed by atoms with Gasteiger partial charge in [0.2, 0.25) is 5.91 Å². The van der Waals surface area contributed by atoms with Crippen LogP contribution in [-0.2, 0) is 11.3 Å². The molecule has 0 aliphatic heterocycles. The van der Waals surface area contributed by atoms with Crippen molar-refractivity contribution >= 4 is 17.7 Å². The molecule has 1 atom stereocenters. The Kier molecular flexibility index (Phi) is 7.70. The van der Waals surface area contributed by atoms with E-state index >= 15 is 0 Å². The van der Waals surface area contributed by atoms with Crippen molar-refractivity contribution in [2.24, 2.45) is 0 Å². The number of thioether (sulfide) groups is 1. The van der Waals surface area contributed by atoms with Crippen LogP contribution in [0.3, 0.4) is 0 Å². The predicted molar refractivity (Wildman–Crippen MR) is 132 cm³/mol. The lowest BCUT2D eigenvalue weighted by Gasteiger charge is -2.26. The molecule has 33 heavy (non-hydrogen) atoms. The van der Waals surface area contributed by atoms with Crippen molar-refractivity contribution in [3.63, 3.8) is 0 Å². The minimum atomic E-state index is -0.256. The number of carbonyl (C=O) groups excluding carboxylic acids is 1. The third-order valence-electron chi connectivity index (χ3n) is 6.22. The summed E-state index contributed by atoms with van der Waals surface area (Å²) in [6.45, 7) is 2.55. The van der Waals surface area contributed by atoms with Crippen LogP contribution in [0, 0.1) is 0 Å². The summed E-state index contributed by atoms with van der Waals surface area (Å²) in [5, 5.41) is 9.68. The van der Waals surface area contributed by atoms with E-state index in [9.17, 15) is 4.79 Å². The smallest absolute Gasteiger partial charge is 0.235 e. The van der Waals surface area contributed by atoms with E-state index in [2.05, 4.69) is 14.8 Å². The van der Waals surface area contributed by atoms with E-state index in [0.717, 1.165) is 40.7 Å². The van der Waals surface area contributed by atoms with E-state index in [1.807, 2.05) is 68.6 Å². The standard InChI is InChI=1S/C26H32N4O2S/c1-19(25(31)29(2)18-20-10-6-4-7-11-20)33-26-28-27-24(21-14-16-23(32-3)17-15-21)30(26)22-12-8-5-9-13-22/h4,6-7,10-11,14-17,19,22H,5,8-9,12-13,18H2,1-3H3. The summed E-state index contributed by atoms with van der Waals surface area (Å²) in [7, 11) is 3.53. The van der Waals surface area contributed by atoms with Gasteiger partial charge in [-0.15, -0.1) is 10.2 Å². The first-order valence-corrected chi connectivity index (χ1v) is 12.5. The molecule has 1 saturated carbocycles. The van der Waals surface area contributed by atoms with Gasteiger partial charge in [0.15, 0.2) is 11.0 Å². The monoisotopic (exact) mass is 464 g/mol. The molecule has 1 heterocycles. The number of hydrogen-bond donors (Lipinski definition) is 0. The molecule has 1 amide bonds. The van der Waals surface area contributed by atoms with Crippen LogP contribution in [0.15, 0.2) is 59.8 Å². The van der Waals surface area contributed by atoms with Gasteiger partial charge in [-0.1, -0.05) is 61.4 Å². The maximum absolute atomic E-state index is 13.1. The molecule has 1 aromatic heterocycles. The van der Waals surface area contributed by atoms with Gasteiger partial charge in [0, 0.05) is 25.2 Å². The van der Waals surface area contributed by atoms with Gasteiger partial charge in [-0.25, -0.2) is 0 Å². The molecule has 0 bridgehead atoms. The van der Waals surface area contributed by atoms with Crippen molar-refractivity contribution in [2.75, 3.05) is 14.2 Å². The van der Waals surface area contributed by atoms with Crippen molar-refractivity contribution in [3.05, 3.63) is 60.2 Å². The zero-order valence-electron chi connectivity index (χ0n) is 19.6. The Bertz CT molecular complexity index is 1050. The quantitative estimate of drug-likeness (QED) is 0.406. The van der Waals surface area contributed by atoms with Crippen molar-refractivity contribution in [2.45, 2.75) is 62.0 Å². The number of ether oxygens (including phenoxy) is 1. The minimum absolute atomic E-state index is 0.0908. The highest BCUT2D eigenvalue weighted by molar-refractivity contribution is 8.00. The van der Waals surface area contributed by atoms with Crippen molar-refractivity contribution in [1.82, 2.24) is 19.7 Å². The Labute approximate surface area is 200 Å². The van der Waals surface area contributed by atoms with Crippen LogP contribution in [0.4, 0.5) is 0 Å². The van der Waals surface area contributed by atoms with Gasteiger partial charge >= 0.3 is 0 Å². The molecule has 4 rings (SSSR count). The average molecular weight is 465 g/mol. The minimum Gasteiger partial charge on any atom is -0.497 e. The van der Waals surface area contributed by atoms with Crippen molar-refractivity contribution in [3.8, 4) is 17.1 Å². The molecule has 3 aromatic rings. The molecule has 1 aliphatic rings. The molecule has 0 spiro atoms. The van der Waals surface area contributed by atoms with E-state index in [4.69, 9.17) is 4.74 Å². The molecule has 6 nitrogen and oxygen atoms in total. The number of aromatic nitrogens is 3. The molecule has 2 aromatic carbocycles. The lowest BCUT2D eigenvalue weighted by Crippen LogP contribution is -2.33. The topological polar surface area (TPSA) is 60.3 Å². The molecule has 0 radical (unpaired) electrons. The number of amides is 1. The van der Waals surface area contributed by atoms with Gasteiger partial charge in [-0.05, 0) is 49.6 Å². The van der Waals surface area contributed by atoms with Crippen molar-refractivity contribution in [1.29, 1.82) is 0 Å². The summed E-state index contributed by atoms with van der Waals surface area (Å²) in [6.07, 6.45) is 5.93. The summed E-state index contributed by atoms with van der Waals surface area (Å²) in [6, 6.07) is 18.4. The van der Waals surface area contributed by atoms with Crippen LogP contribution in [0.1, 0.15) is 50.6 Å². The fourth-order valence-electron chi connectivity index (χ4n) is 4.42. The SMILES string of the molecule is COc1ccc(-c2nnc(SC(C)C(=O)N(C)Cc3ccccc3)n2C2CCCCC2)cc1. The van der Waals surface area contributed by atoms with Crippen LogP contribution in [-0.4, -0.2) is 45.0 Å². The Hall–Kier alpha value is -2.80. The molecule has 1 unspecified atom stereocenters. The van der Waals surface area contributed by atoms with E-state index < -0.39 is 0 Å². The lowest BCUT2D eigenvalue weighted by atomic mass is 9.95. The van der Waals surface area contributed by atoms with E-state index in [1.165, 1.54) is 31.0 Å². The van der Waals surface area contributed by atoms with Crippen LogP contribution in [0.25, 0.3) is 11.4 Å². The van der Waals surface area contributed by atoms with Gasteiger partial charge in [-0.3, -0.25) is 9.36 Å². The predicted octanol–water partition coefficient (Wildman–Crippen LogP) is 5.60. The second-order valence-corrected chi connectivity index (χ2v) is 9.94. The summed E-state index contributed by atoms with van der Waals surface area (Å²) in [5.74, 6) is 1.77. The highest BCUT2D eigenvalue weighted by atomic mass is 32.2. The molecule has 174 valence electrons. The average Bonchev–Trinajstić information content (AvgIpc) is 3.28. The van der Waals surface area contributed by atoms with Crippen LogP contribution < -0.4 is 4.74 Å². The molecular weight excluding hydrogens is 432 g/mol. The van der Waals surface area contributed by atoms with Gasteiger partial charge in [0.05, 0.1) is 12.4 Å². The summed E-state index contributed by atoms with van der Waals surface area (Å²) in [5.41, 5.74) is 2.14. The number of hydrogen-bond acceptors (Lipinski definition) is 5. The first-order chi connectivity index (χ1) is 16.1. The fraction of sp³-hybridized carbons (Fsp3) is 0.423. The Morgan fingerprint density at radius 3 is 2.45 bits per heavy atom. The zero-order valence-corrected chi connectivity index (χ0v) is 20.4. The summed E-state index contributed by atoms with van der Waals surface area (Å²) < 4.78 is 7.58. The zero-order chi connectivity index (χ0) is 23.2. The second kappa shape index (κ2) is 10.9. The molecular formula is C26H32N4O2S. The Balaban J connectivity index is 1.55. The number of benzene rings is 2. The normalized spacial score (nSPS) is 15.2. The van der Waals surface area contributed by atoms with Crippen LogP contribution in [0.2, 0.25) is 0 Å². The number of carbonyl (C=O) groups is 1. The fourth-order valence-corrected chi connectivity index (χ4v) is 5.45. The molecule has 1 aliphatic carbocycles. The summed E-state index contributed by atoms with van der Waals surface area (Å²) in [4.78, 5) is 14.9. The van der Waals surface area contributed by atoms with Crippen LogP contribution in [0.5, 0.6) is 5.75 Å². The van der Waals surface area contributed by atoms with Gasteiger partial charge in [0.1, 0.15) is 5.75 Å². The maximum Gasteiger partial charge on any atom is 0.235 e. The molecule has 0 saturated heterocycles. The molecule has 1 fully saturated rings. The third-order valence-corrected chi connectivity index (χ3v) is 7.27. The van der Waals surface area contributed by atoms with Gasteiger partial charge in [-0.2, -0.15) is 0 Å². The number of methoxy groups -OCH3 is 1. The first kappa shape index (κ1) is 23.4. The van der Waals surface area contributed by atoms with Crippen molar-refractivity contribution < 1.29 is 9.53 Å². The van der Waals surface area contributed by atoms with Gasteiger partial charge < -0.3 is 9.64 Å².